The molecule has 0 aliphatic carbocycles. The molecular formula is C11H18Br2O4. The summed E-state index contributed by atoms with van der Waals surface area (Å²) in [5.74, 6) is -0.626. The molecule has 0 aromatic heterocycles. The van der Waals surface area contributed by atoms with Gasteiger partial charge in [-0.2, -0.15) is 0 Å². The highest BCUT2D eigenvalue weighted by molar-refractivity contribution is 9.10. The zero-order valence-corrected chi connectivity index (χ0v) is 13.7. The Labute approximate surface area is 119 Å². The predicted molar refractivity (Wildman–Crippen MR) is 72.5 cm³/mol. The van der Waals surface area contributed by atoms with Crippen LogP contribution in [0.2, 0.25) is 0 Å². The van der Waals surface area contributed by atoms with Gasteiger partial charge in [0, 0.05) is 0 Å². The normalized spacial score (nSPS) is 17.8. The van der Waals surface area contributed by atoms with Gasteiger partial charge in [-0.05, 0) is 33.1 Å². The van der Waals surface area contributed by atoms with Crippen molar-refractivity contribution in [3.8, 4) is 0 Å². The van der Waals surface area contributed by atoms with Gasteiger partial charge in [-0.25, -0.2) is 0 Å². The summed E-state index contributed by atoms with van der Waals surface area (Å²) in [5, 5.41) is 0. The van der Waals surface area contributed by atoms with Gasteiger partial charge in [0.05, 0.1) is 14.2 Å². The van der Waals surface area contributed by atoms with Crippen LogP contribution in [0, 0.1) is 0 Å². The van der Waals surface area contributed by atoms with Crippen molar-refractivity contribution in [2.45, 2.75) is 41.8 Å². The SMILES string of the molecule is COC(=O)C(C)(Br)CCCC(C)(Br)C(=O)OC. The van der Waals surface area contributed by atoms with Gasteiger partial charge in [0.25, 0.3) is 0 Å². The van der Waals surface area contributed by atoms with Crippen LogP contribution in [0.1, 0.15) is 33.1 Å². The van der Waals surface area contributed by atoms with Gasteiger partial charge in [0.2, 0.25) is 0 Å². The summed E-state index contributed by atoms with van der Waals surface area (Å²) in [4.78, 5) is 22.8. The Balaban J connectivity index is 4.24. The first kappa shape index (κ1) is 16.9. The summed E-state index contributed by atoms with van der Waals surface area (Å²) in [5.41, 5.74) is 0. The fourth-order valence-electron chi connectivity index (χ4n) is 1.38. The van der Waals surface area contributed by atoms with E-state index in [1.54, 1.807) is 13.8 Å². The van der Waals surface area contributed by atoms with Crippen molar-refractivity contribution in [1.82, 2.24) is 0 Å². The van der Waals surface area contributed by atoms with E-state index in [1.165, 1.54) is 14.2 Å². The summed E-state index contributed by atoms with van der Waals surface area (Å²) in [6, 6.07) is 0. The Morgan fingerprint density at radius 1 is 0.941 bits per heavy atom. The highest BCUT2D eigenvalue weighted by atomic mass is 79.9. The third kappa shape index (κ3) is 5.38. The van der Waals surface area contributed by atoms with Crippen LogP contribution < -0.4 is 0 Å². The van der Waals surface area contributed by atoms with Crippen LogP contribution in [-0.4, -0.2) is 34.8 Å². The van der Waals surface area contributed by atoms with Crippen molar-refractivity contribution in [1.29, 1.82) is 0 Å². The monoisotopic (exact) mass is 372 g/mol. The third-order valence-electron chi connectivity index (χ3n) is 2.51. The van der Waals surface area contributed by atoms with Gasteiger partial charge in [-0.1, -0.05) is 31.9 Å². The molecule has 100 valence electrons. The van der Waals surface area contributed by atoms with Gasteiger partial charge in [-0.15, -0.1) is 0 Å². The van der Waals surface area contributed by atoms with E-state index < -0.39 is 8.65 Å². The van der Waals surface area contributed by atoms with Crippen LogP contribution in [-0.2, 0) is 19.1 Å². The minimum absolute atomic E-state index is 0.313. The predicted octanol–water partition coefficient (Wildman–Crippen LogP) is 2.81. The lowest BCUT2D eigenvalue weighted by molar-refractivity contribution is -0.143. The second kappa shape index (κ2) is 6.73. The zero-order chi connectivity index (χ0) is 13.7. The first-order valence-electron chi connectivity index (χ1n) is 5.22. The summed E-state index contributed by atoms with van der Waals surface area (Å²) in [7, 11) is 2.70. The molecule has 0 heterocycles. The zero-order valence-electron chi connectivity index (χ0n) is 10.5. The van der Waals surface area contributed by atoms with Gasteiger partial charge in [-0.3, -0.25) is 9.59 Å². The third-order valence-corrected chi connectivity index (χ3v) is 3.96. The van der Waals surface area contributed by atoms with Crippen molar-refractivity contribution in [2.24, 2.45) is 0 Å². The van der Waals surface area contributed by atoms with Crippen LogP contribution in [0.25, 0.3) is 0 Å². The Hall–Kier alpha value is -0.100. The van der Waals surface area contributed by atoms with E-state index in [-0.39, 0.29) is 11.9 Å². The molecule has 0 aromatic rings. The summed E-state index contributed by atoms with van der Waals surface area (Å²) in [6.07, 6.45) is 1.85. The summed E-state index contributed by atoms with van der Waals surface area (Å²) < 4.78 is 7.94. The fraction of sp³-hybridized carbons (Fsp3) is 0.818. The standard InChI is InChI=1S/C11H18Br2O4/c1-10(12,8(14)16-3)6-5-7-11(2,13)9(15)17-4/h5-7H2,1-4H3. The van der Waals surface area contributed by atoms with E-state index >= 15 is 0 Å². The van der Waals surface area contributed by atoms with Crippen LogP contribution in [0.3, 0.4) is 0 Å². The molecule has 0 N–H and O–H groups in total. The Kier molecular flexibility index (Phi) is 6.69. The number of hydrogen-bond donors (Lipinski definition) is 0. The van der Waals surface area contributed by atoms with Gasteiger partial charge >= 0.3 is 11.9 Å². The molecule has 0 saturated carbocycles. The molecule has 0 spiro atoms. The highest BCUT2D eigenvalue weighted by Gasteiger charge is 2.34. The molecule has 0 aromatic carbocycles. The van der Waals surface area contributed by atoms with E-state index in [2.05, 4.69) is 41.3 Å². The van der Waals surface area contributed by atoms with Crippen molar-refractivity contribution < 1.29 is 19.1 Å². The first-order valence-corrected chi connectivity index (χ1v) is 6.80. The molecule has 0 aliphatic heterocycles. The van der Waals surface area contributed by atoms with Gasteiger partial charge in [0.15, 0.2) is 0 Å². The maximum atomic E-state index is 11.4. The average Bonchev–Trinajstić information content (AvgIpc) is 2.25. The maximum Gasteiger partial charge on any atom is 0.322 e. The molecule has 6 heteroatoms. The molecule has 2 unspecified atom stereocenters. The lowest BCUT2D eigenvalue weighted by Gasteiger charge is -2.23. The van der Waals surface area contributed by atoms with Crippen LogP contribution in [0.15, 0.2) is 0 Å². The average molecular weight is 374 g/mol. The molecule has 0 rings (SSSR count). The topological polar surface area (TPSA) is 52.6 Å². The Morgan fingerprint density at radius 2 is 1.24 bits per heavy atom. The number of halogens is 2. The molecular weight excluding hydrogens is 356 g/mol. The van der Waals surface area contributed by atoms with Crippen LogP contribution in [0.5, 0.6) is 0 Å². The number of methoxy groups -OCH3 is 2. The largest absolute Gasteiger partial charge is 0.468 e. The number of carbonyl (C=O) groups excluding carboxylic acids is 2. The molecule has 0 saturated heterocycles. The van der Waals surface area contributed by atoms with Crippen molar-refractivity contribution >= 4 is 43.8 Å². The molecule has 0 fully saturated rings. The van der Waals surface area contributed by atoms with E-state index in [0.717, 1.165) is 0 Å². The van der Waals surface area contributed by atoms with Gasteiger partial charge in [0.1, 0.15) is 8.65 Å². The van der Waals surface area contributed by atoms with Crippen LogP contribution in [0.4, 0.5) is 0 Å². The number of carbonyl (C=O) groups is 2. The maximum absolute atomic E-state index is 11.4. The van der Waals surface area contributed by atoms with E-state index in [4.69, 9.17) is 0 Å². The molecule has 0 amide bonds. The smallest absolute Gasteiger partial charge is 0.322 e. The molecule has 17 heavy (non-hydrogen) atoms. The number of ether oxygens (including phenoxy) is 2. The van der Waals surface area contributed by atoms with Crippen molar-refractivity contribution in [3.05, 3.63) is 0 Å². The number of rotatable bonds is 6. The number of alkyl halides is 2. The number of hydrogen-bond acceptors (Lipinski definition) is 4. The molecule has 0 aliphatic rings. The molecule has 2 atom stereocenters. The summed E-state index contributed by atoms with van der Waals surface area (Å²) in [6.45, 7) is 3.51. The minimum Gasteiger partial charge on any atom is -0.468 e. The van der Waals surface area contributed by atoms with E-state index in [9.17, 15) is 9.59 Å². The lowest BCUT2D eigenvalue weighted by atomic mass is 9.98. The Bertz CT molecular complexity index is 259. The fourth-order valence-corrected chi connectivity index (χ4v) is 2.27. The number of esters is 2. The van der Waals surface area contributed by atoms with E-state index in [0.29, 0.717) is 19.3 Å². The van der Waals surface area contributed by atoms with Crippen molar-refractivity contribution in [3.63, 3.8) is 0 Å². The van der Waals surface area contributed by atoms with Crippen molar-refractivity contribution in [2.75, 3.05) is 14.2 Å². The quantitative estimate of drug-likeness (QED) is 0.530. The second-order valence-corrected chi connectivity index (χ2v) is 7.73. The molecule has 4 nitrogen and oxygen atoms in total. The molecule has 0 bridgehead atoms. The highest BCUT2D eigenvalue weighted by Crippen LogP contribution is 2.31. The first-order chi connectivity index (χ1) is 7.67. The van der Waals surface area contributed by atoms with E-state index in [1.807, 2.05) is 0 Å². The minimum atomic E-state index is -0.707. The summed E-state index contributed by atoms with van der Waals surface area (Å²) >= 11 is 6.65. The Morgan fingerprint density at radius 3 is 1.47 bits per heavy atom. The second-order valence-electron chi connectivity index (χ2n) is 4.23. The van der Waals surface area contributed by atoms with Crippen LogP contribution >= 0.6 is 31.9 Å². The van der Waals surface area contributed by atoms with Gasteiger partial charge < -0.3 is 9.47 Å². The molecule has 0 radical (unpaired) electrons. The lowest BCUT2D eigenvalue weighted by Crippen LogP contribution is -2.32.